The largest absolute Gasteiger partial charge is 0.398 e. The minimum absolute atomic E-state index is 0.275. The molecule has 0 atom stereocenters. The summed E-state index contributed by atoms with van der Waals surface area (Å²) in [5, 5.41) is 0. The van der Waals surface area contributed by atoms with Gasteiger partial charge in [-0.3, -0.25) is 0 Å². The highest BCUT2D eigenvalue weighted by atomic mass is 19.1. The zero-order chi connectivity index (χ0) is 15.1. The van der Waals surface area contributed by atoms with Crippen LogP contribution in [-0.4, -0.2) is 9.55 Å². The molecular formula is C17H18FN3. The Morgan fingerprint density at radius 2 is 1.95 bits per heavy atom. The first-order valence-corrected chi connectivity index (χ1v) is 7.04. The summed E-state index contributed by atoms with van der Waals surface area (Å²) < 4.78 is 15.5. The number of nitrogen functional groups attached to an aromatic ring is 1. The van der Waals surface area contributed by atoms with Crippen LogP contribution in [0.4, 0.5) is 10.1 Å². The van der Waals surface area contributed by atoms with Gasteiger partial charge in [0.2, 0.25) is 0 Å². The minimum atomic E-state index is -0.275. The molecular weight excluding hydrogens is 265 g/mol. The number of fused-ring (bicyclic) bond motifs is 1. The van der Waals surface area contributed by atoms with Crippen LogP contribution in [0.5, 0.6) is 0 Å². The fourth-order valence-electron chi connectivity index (χ4n) is 2.79. The summed E-state index contributed by atoms with van der Waals surface area (Å²) in [5.41, 5.74) is 11.6. The van der Waals surface area contributed by atoms with Crippen LogP contribution in [0.25, 0.3) is 22.4 Å². The summed E-state index contributed by atoms with van der Waals surface area (Å²) in [6.45, 7) is 6.83. The molecule has 0 fully saturated rings. The summed E-state index contributed by atoms with van der Waals surface area (Å²) in [4.78, 5) is 4.60. The van der Waals surface area contributed by atoms with Gasteiger partial charge in [-0.15, -0.1) is 0 Å². The van der Waals surface area contributed by atoms with Gasteiger partial charge in [-0.2, -0.15) is 0 Å². The Hall–Kier alpha value is -2.36. The molecule has 108 valence electrons. The van der Waals surface area contributed by atoms with Gasteiger partial charge in [0.15, 0.2) is 0 Å². The summed E-state index contributed by atoms with van der Waals surface area (Å²) in [6.07, 6.45) is 0. The van der Waals surface area contributed by atoms with Crippen molar-refractivity contribution in [3.05, 3.63) is 47.3 Å². The Kier molecular flexibility index (Phi) is 3.16. The van der Waals surface area contributed by atoms with Gasteiger partial charge >= 0.3 is 0 Å². The van der Waals surface area contributed by atoms with Crippen LogP contribution in [0.15, 0.2) is 30.3 Å². The normalized spacial score (nSPS) is 11.2. The molecule has 2 N–H and O–H groups in total. The van der Waals surface area contributed by atoms with Crippen LogP contribution in [0.3, 0.4) is 0 Å². The van der Waals surface area contributed by atoms with Crippen molar-refractivity contribution in [2.75, 3.05) is 5.73 Å². The first-order valence-electron chi connectivity index (χ1n) is 7.04. The molecule has 0 saturated heterocycles. The Labute approximate surface area is 123 Å². The molecule has 0 aliphatic rings. The van der Waals surface area contributed by atoms with Gasteiger partial charge in [0, 0.05) is 23.9 Å². The lowest BCUT2D eigenvalue weighted by atomic mass is 10.0. The van der Waals surface area contributed by atoms with Crippen molar-refractivity contribution in [3.8, 4) is 11.4 Å². The molecule has 0 unspecified atom stereocenters. The zero-order valence-electron chi connectivity index (χ0n) is 12.4. The minimum Gasteiger partial charge on any atom is -0.398 e. The van der Waals surface area contributed by atoms with E-state index in [0.29, 0.717) is 5.52 Å². The molecule has 21 heavy (non-hydrogen) atoms. The lowest BCUT2D eigenvalue weighted by molar-refractivity contribution is 0.629. The lowest BCUT2D eigenvalue weighted by Gasteiger charge is -2.11. The van der Waals surface area contributed by atoms with Crippen LogP contribution >= 0.6 is 0 Å². The Bertz CT molecular complexity index is 834. The van der Waals surface area contributed by atoms with Crippen LogP contribution < -0.4 is 5.73 Å². The van der Waals surface area contributed by atoms with Crippen molar-refractivity contribution in [1.29, 1.82) is 0 Å². The second kappa shape index (κ2) is 4.88. The van der Waals surface area contributed by atoms with Gasteiger partial charge in [0.05, 0.1) is 11.0 Å². The molecule has 0 aliphatic carbocycles. The van der Waals surface area contributed by atoms with E-state index in [-0.39, 0.29) is 5.82 Å². The van der Waals surface area contributed by atoms with Crippen LogP contribution in [0, 0.1) is 19.7 Å². The first-order chi connectivity index (χ1) is 10.0. The SMILES string of the molecule is CCn1c(-c2cc(C)cc(C)c2N)nc2cc(F)ccc21. The standard InChI is InChI=1S/C17H18FN3/c1-4-21-15-6-5-12(18)9-14(15)20-17(21)13-8-10(2)7-11(3)16(13)19/h5-9H,4,19H2,1-3H3. The van der Waals surface area contributed by atoms with Gasteiger partial charge in [-0.1, -0.05) is 6.07 Å². The second-order valence-corrected chi connectivity index (χ2v) is 5.36. The van der Waals surface area contributed by atoms with Crippen molar-refractivity contribution in [2.45, 2.75) is 27.3 Å². The maximum Gasteiger partial charge on any atom is 0.143 e. The molecule has 0 radical (unpaired) electrons. The monoisotopic (exact) mass is 283 g/mol. The number of anilines is 1. The predicted octanol–water partition coefficient (Wildman–Crippen LogP) is 4.06. The van der Waals surface area contributed by atoms with Gasteiger partial charge < -0.3 is 10.3 Å². The van der Waals surface area contributed by atoms with E-state index in [2.05, 4.69) is 15.6 Å². The second-order valence-electron chi connectivity index (χ2n) is 5.36. The van der Waals surface area contributed by atoms with E-state index in [1.165, 1.54) is 12.1 Å². The van der Waals surface area contributed by atoms with Crippen molar-refractivity contribution >= 4 is 16.7 Å². The molecule has 0 aliphatic heterocycles. The van der Waals surface area contributed by atoms with E-state index in [1.807, 2.05) is 26.8 Å². The maximum atomic E-state index is 13.4. The molecule has 0 bridgehead atoms. The molecule has 4 heteroatoms. The van der Waals surface area contributed by atoms with Gasteiger partial charge in [-0.25, -0.2) is 9.37 Å². The highest BCUT2D eigenvalue weighted by Gasteiger charge is 2.15. The average molecular weight is 283 g/mol. The number of hydrogen-bond donors (Lipinski definition) is 1. The number of rotatable bonds is 2. The summed E-state index contributed by atoms with van der Waals surface area (Å²) in [7, 11) is 0. The molecule has 1 heterocycles. The number of benzene rings is 2. The predicted molar refractivity (Wildman–Crippen MR) is 84.7 cm³/mol. The molecule has 0 saturated carbocycles. The third kappa shape index (κ3) is 2.17. The number of aromatic nitrogens is 2. The number of imidazole rings is 1. The molecule has 2 aromatic carbocycles. The fraction of sp³-hybridized carbons (Fsp3) is 0.235. The third-order valence-electron chi connectivity index (χ3n) is 3.80. The van der Waals surface area contributed by atoms with E-state index in [4.69, 9.17) is 5.73 Å². The smallest absolute Gasteiger partial charge is 0.143 e. The van der Waals surface area contributed by atoms with Crippen molar-refractivity contribution in [3.63, 3.8) is 0 Å². The zero-order valence-corrected chi connectivity index (χ0v) is 12.4. The quantitative estimate of drug-likeness (QED) is 0.721. The highest BCUT2D eigenvalue weighted by Crippen LogP contribution is 2.32. The van der Waals surface area contributed by atoms with Crippen LogP contribution in [0.1, 0.15) is 18.1 Å². The molecule has 3 rings (SSSR count). The van der Waals surface area contributed by atoms with E-state index < -0.39 is 0 Å². The highest BCUT2D eigenvalue weighted by molar-refractivity contribution is 5.84. The topological polar surface area (TPSA) is 43.8 Å². The first kappa shape index (κ1) is 13.6. The van der Waals surface area contributed by atoms with Gasteiger partial charge in [0.25, 0.3) is 0 Å². The maximum absolute atomic E-state index is 13.4. The number of nitrogens with two attached hydrogens (primary N) is 1. The fourth-order valence-corrected chi connectivity index (χ4v) is 2.79. The summed E-state index contributed by atoms with van der Waals surface area (Å²) in [6, 6.07) is 8.78. The number of hydrogen-bond acceptors (Lipinski definition) is 2. The Morgan fingerprint density at radius 3 is 2.67 bits per heavy atom. The van der Waals surface area contributed by atoms with Crippen molar-refractivity contribution < 1.29 is 4.39 Å². The van der Waals surface area contributed by atoms with E-state index >= 15 is 0 Å². The Morgan fingerprint density at radius 1 is 1.19 bits per heavy atom. The molecule has 3 nitrogen and oxygen atoms in total. The molecule has 3 aromatic rings. The van der Waals surface area contributed by atoms with E-state index in [0.717, 1.165) is 40.3 Å². The summed E-state index contributed by atoms with van der Waals surface area (Å²) in [5.74, 6) is 0.519. The molecule has 0 amide bonds. The van der Waals surface area contributed by atoms with Crippen LogP contribution in [-0.2, 0) is 6.54 Å². The third-order valence-corrected chi connectivity index (χ3v) is 3.80. The van der Waals surface area contributed by atoms with Gasteiger partial charge in [0.1, 0.15) is 11.6 Å². The van der Waals surface area contributed by atoms with Crippen molar-refractivity contribution in [2.24, 2.45) is 0 Å². The molecule has 1 aromatic heterocycles. The van der Waals surface area contributed by atoms with Gasteiger partial charge in [-0.05, 0) is 50.1 Å². The summed E-state index contributed by atoms with van der Waals surface area (Å²) >= 11 is 0. The average Bonchev–Trinajstić information content (AvgIpc) is 2.79. The lowest BCUT2D eigenvalue weighted by Crippen LogP contribution is -2.02. The molecule has 0 spiro atoms. The van der Waals surface area contributed by atoms with E-state index in [9.17, 15) is 4.39 Å². The number of halogens is 1. The van der Waals surface area contributed by atoms with Crippen molar-refractivity contribution in [1.82, 2.24) is 9.55 Å². The number of nitrogens with zero attached hydrogens (tertiary/aromatic N) is 2. The van der Waals surface area contributed by atoms with E-state index in [1.54, 1.807) is 6.07 Å². The Balaban J connectivity index is 2.35. The van der Waals surface area contributed by atoms with Crippen LogP contribution in [0.2, 0.25) is 0 Å². The number of aryl methyl sites for hydroxylation is 3.